The van der Waals surface area contributed by atoms with Crippen LogP contribution in [-0.2, 0) is 35.1 Å². The Morgan fingerprint density at radius 3 is 2.34 bits per heavy atom. The number of nitrogens with zero attached hydrogens (tertiary/aromatic N) is 3. The number of ether oxygens (including phenoxy) is 1. The number of likely N-dealkylation sites (tertiary alicyclic amines) is 1. The van der Waals surface area contributed by atoms with E-state index in [1.54, 1.807) is 6.07 Å². The van der Waals surface area contributed by atoms with Crippen molar-refractivity contribution in [1.82, 2.24) is 25.4 Å². The Kier molecular flexibility index (Phi) is 22.0. The highest BCUT2D eigenvalue weighted by Gasteiger charge is 2.40. The zero-order valence-electron chi connectivity index (χ0n) is 40.3. The van der Waals surface area contributed by atoms with Gasteiger partial charge in [-0.1, -0.05) is 72.8 Å². The average Bonchev–Trinajstić information content (AvgIpc) is 3.75. The van der Waals surface area contributed by atoms with Crippen LogP contribution < -0.4 is 21.7 Å². The van der Waals surface area contributed by atoms with Crippen LogP contribution >= 0.6 is 11.3 Å². The first kappa shape index (κ1) is 54.9. The van der Waals surface area contributed by atoms with Gasteiger partial charge in [-0.3, -0.25) is 33.7 Å². The van der Waals surface area contributed by atoms with Crippen LogP contribution in [-0.4, -0.2) is 105 Å². The number of thiazole rings is 1. The summed E-state index contributed by atoms with van der Waals surface area (Å²) >= 11 is 1.13. The Bertz CT molecular complexity index is 1910. The van der Waals surface area contributed by atoms with E-state index < -0.39 is 59.2 Å². The van der Waals surface area contributed by atoms with Crippen molar-refractivity contribution in [2.75, 3.05) is 25.0 Å². The largest absolute Gasteiger partial charge is 0.481 e. The summed E-state index contributed by atoms with van der Waals surface area (Å²) in [5, 5.41) is 20.3. The summed E-state index contributed by atoms with van der Waals surface area (Å²) in [6, 6.07) is 2.02. The van der Waals surface area contributed by atoms with Gasteiger partial charge in [0.1, 0.15) is 22.6 Å². The molecule has 3 rings (SSSR count). The van der Waals surface area contributed by atoms with E-state index in [0.29, 0.717) is 23.5 Å². The molecule has 0 saturated carbocycles. The fraction of sp³-hybridized carbons (Fsp3) is 0.688. The summed E-state index contributed by atoms with van der Waals surface area (Å²) in [4.78, 5) is 88.4. The van der Waals surface area contributed by atoms with Crippen LogP contribution in [0.2, 0.25) is 0 Å². The molecule has 0 radical (unpaired) electrons. The van der Waals surface area contributed by atoms with Crippen LogP contribution in [0.3, 0.4) is 0 Å². The van der Waals surface area contributed by atoms with Crippen molar-refractivity contribution in [3.8, 4) is 0 Å². The smallest absolute Gasteiger partial charge is 0.309 e. The molecule has 364 valence electrons. The van der Waals surface area contributed by atoms with Gasteiger partial charge in [-0.25, -0.2) is 9.37 Å². The number of anilines is 1. The molecule has 65 heavy (non-hydrogen) atoms. The minimum atomic E-state index is -1.27. The summed E-state index contributed by atoms with van der Waals surface area (Å²) < 4.78 is 20.9. The summed E-state index contributed by atoms with van der Waals surface area (Å²) in [7, 11) is 0. The third kappa shape index (κ3) is 16.4. The third-order valence-electron chi connectivity index (χ3n) is 12.4. The summed E-state index contributed by atoms with van der Waals surface area (Å²) in [5.41, 5.74) is 4.48. The fourth-order valence-electron chi connectivity index (χ4n) is 8.44. The molecule has 1 aromatic heterocycles. The number of aromatic nitrogens is 1. The average molecular weight is 930 g/mol. The van der Waals surface area contributed by atoms with Gasteiger partial charge in [0.05, 0.1) is 23.7 Å². The number of nitrogens with two attached hydrogens (primary N) is 1. The number of piperidine rings is 1. The first-order valence-corrected chi connectivity index (χ1v) is 24.3. The van der Waals surface area contributed by atoms with Crippen molar-refractivity contribution in [3.05, 3.63) is 45.7 Å². The lowest BCUT2D eigenvalue weighted by molar-refractivity contribution is -0.150. The Morgan fingerprint density at radius 1 is 1.05 bits per heavy atom. The lowest BCUT2D eigenvalue weighted by Gasteiger charge is -2.41. The number of esters is 1. The molecular formula is C48H76FN7O8S. The first-order valence-electron chi connectivity index (χ1n) is 23.5. The molecule has 1 fully saturated rings. The maximum atomic E-state index is 15.0. The van der Waals surface area contributed by atoms with Gasteiger partial charge < -0.3 is 36.4 Å². The van der Waals surface area contributed by atoms with E-state index in [1.807, 2.05) is 32.6 Å². The van der Waals surface area contributed by atoms with E-state index >= 15 is 9.18 Å². The number of nitrogens with one attached hydrogen (secondary N) is 3. The lowest BCUT2D eigenvalue weighted by atomic mass is 9.84. The molecule has 0 bridgehead atoms. The van der Waals surface area contributed by atoms with E-state index in [2.05, 4.69) is 46.6 Å². The van der Waals surface area contributed by atoms with Crippen molar-refractivity contribution >= 4 is 52.6 Å². The zero-order valence-corrected chi connectivity index (χ0v) is 41.2. The van der Waals surface area contributed by atoms with Crippen LogP contribution in [0.5, 0.6) is 0 Å². The summed E-state index contributed by atoms with van der Waals surface area (Å²) in [5.74, 6) is -4.13. The number of rotatable bonds is 26. The van der Waals surface area contributed by atoms with Gasteiger partial charge in [-0.05, 0) is 95.9 Å². The lowest BCUT2D eigenvalue weighted by Crippen LogP contribution is -2.60. The molecule has 15 nitrogen and oxygen atoms in total. The molecule has 0 aliphatic carbocycles. The second-order valence-electron chi connectivity index (χ2n) is 18.9. The molecular weight excluding hydrogens is 854 g/mol. The van der Waals surface area contributed by atoms with Gasteiger partial charge in [0.2, 0.25) is 17.7 Å². The number of carboxylic acid groups (broad SMARTS) is 1. The highest BCUT2D eigenvalue weighted by molar-refractivity contribution is 7.09. The maximum Gasteiger partial charge on any atom is 0.309 e. The van der Waals surface area contributed by atoms with E-state index in [4.69, 9.17) is 10.5 Å². The second-order valence-corrected chi connectivity index (χ2v) is 19.7. The number of aliphatic carboxylic acids is 1. The normalized spacial score (nSPS) is 16.9. The number of amides is 4. The summed E-state index contributed by atoms with van der Waals surface area (Å²) in [6.45, 7) is 19.6. The molecule has 1 aliphatic heterocycles. The van der Waals surface area contributed by atoms with E-state index in [1.165, 1.54) is 38.3 Å². The fourth-order valence-corrected chi connectivity index (χ4v) is 9.28. The highest BCUT2D eigenvalue weighted by Crippen LogP contribution is 2.33. The van der Waals surface area contributed by atoms with Gasteiger partial charge in [-0.2, -0.15) is 0 Å². The van der Waals surface area contributed by atoms with Crippen LogP contribution in [0, 0.1) is 23.1 Å². The highest BCUT2D eigenvalue weighted by atomic mass is 32.1. The van der Waals surface area contributed by atoms with Gasteiger partial charge in [0.25, 0.3) is 5.91 Å². The van der Waals surface area contributed by atoms with Gasteiger partial charge >= 0.3 is 11.9 Å². The molecule has 17 heteroatoms. The van der Waals surface area contributed by atoms with Crippen molar-refractivity contribution < 1.29 is 43.0 Å². The molecule has 1 aliphatic rings. The van der Waals surface area contributed by atoms with Gasteiger partial charge in [0.15, 0.2) is 6.10 Å². The molecule has 6 N–H and O–H groups in total. The van der Waals surface area contributed by atoms with Crippen molar-refractivity contribution in [1.29, 1.82) is 0 Å². The number of halogens is 1. The van der Waals surface area contributed by atoms with Crippen molar-refractivity contribution in [2.24, 2.45) is 23.0 Å². The van der Waals surface area contributed by atoms with Gasteiger partial charge in [0, 0.05) is 43.4 Å². The second kappa shape index (κ2) is 26.0. The van der Waals surface area contributed by atoms with Crippen LogP contribution in [0.1, 0.15) is 161 Å². The predicted molar refractivity (Wildman–Crippen MR) is 252 cm³/mol. The quantitative estimate of drug-likeness (QED) is 0.0469. The minimum Gasteiger partial charge on any atom is -0.481 e. The standard InChI is InChI=1S/C48H76FN7O8S/c1-11-13-14-16-22-56(46(61)42(31(7)12-2)54-44(60)38-18-15-17-21-55(38)30(5)6)39(29(3)4)25-40(64-32(8)57)45-53-37(28-65-45)43(59)51-34(26-48(9,10)47(62)63)23-33-19-20-36(35(49)24-33)52-41(58)27-50/h19-20,24,28-31,34,38-40,42H,11-18,21-23,25-27,50H2,1-10H3,(H,51,59)(H,52,58)(H,54,60)(H,62,63)/t31-,34-,38+,39+,40+,42-/m0/s1. The number of carboxylic acids is 1. The molecule has 1 aromatic carbocycles. The number of carbonyl (C=O) groups is 6. The third-order valence-corrected chi connectivity index (χ3v) is 13.4. The Balaban J connectivity index is 1.96. The first-order chi connectivity index (χ1) is 30.6. The number of carbonyl (C=O) groups excluding carboxylic acids is 5. The topological polar surface area (TPSA) is 213 Å². The van der Waals surface area contributed by atoms with Crippen molar-refractivity contribution in [2.45, 2.75) is 176 Å². The Morgan fingerprint density at radius 2 is 1.75 bits per heavy atom. The monoisotopic (exact) mass is 930 g/mol. The Hall–Kier alpha value is -4.48. The number of benzene rings is 1. The van der Waals surface area contributed by atoms with E-state index in [-0.39, 0.29) is 72.9 Å². The van der Waals surface area contributed by atoms with Crippen LogP contribution in [0.4, 0.5) is 10.1 Å². The van der Waals surface area contributed by atoms with E-state index in [0.717, 1.165) is 62.8 Å². The van der Waals surface area contributed by atoms with Crippen molar-refractivity contribution in [3.63, 3.8) is 0 Å². The summed E-state index contributed by atoms with van der Waals surface area (Å²) in [6.07, 6.45) is 6.32. The molecule has 1 saturated heterocycles. The molecule has 2 heterocycles. The zero-order chi connectivity index (χ0) is 48.6. The SMILES string of the molecule is CCCCCCN(C(=O)[C@@H](NC(=O)[C@H]1CCCCN1C(C)C)[C@@H](C)CC)[C@H](C[C@@H](OC(C)=O)c1nc(C(=O)N[C@@H](Cc2ccc(NC(=O)CN)c(F)c2)CC(C)(C)C(=O)O)cs1)C(C)C. The number of unbranched alkanes of at least 4 members (excludes halogenated alkanes) is 3. The van der Waals surface area contributed by atoms with Crippen LogP contribution in [0.25, 0.3) is 0 Å². The maximum absolute atomic E-state index is 15.0. The number of hydrogen-bond acceptors (Lipinski definition) is 11. The molecule has 2 aromatic rings. The molecule has 6 atom stereocenters. The number of hydrogen-bond donors (Lipinski definition) is 5. The molecule has 0 unspecified atom stereocenters. The Labute approximate surface area is 389 Å². The molecule has 4 amide bonds. The predicted octanol–water partition coefficient (Wildman–Crippen LogP) is 7.24. The minimum absolute atomic E-state index is 0.0117. The van der Waals surface area contributed by atoms with E-state index in [9.17, 15) is 29.1 Å². The van der Waals surface area contributed by atoms with Gasteiger partial charge in [-0.15, -0.1) is 11.3 Å². The molecule has 0 spiro atoms. The van der Waals surface area contributed by atoms with Crippen LogP contribution in [0.15, 0.2) is 23.6 Å².